The molecule has 7 nitrogen and oxygen atoms in total. The summed E-state index contributed by atoms with van der Waals surface area (Å²) in [5.74, 6) is 0.946. The Balaban J connectivity index is 1.66. The number of piperidine rings is 1. The lowest BCUT2D eigenvalue weighted by molar-refractivity contribution is 0.127. The van der Waals surface area contributed by atoms with Crippen LogP contribution in [0.15, 0.2) is 17.1 Å². The first-order valence-corrected chi connectivity index (χ1v) is 11.5. The topological polar surface area (TPSA) is 86.3 Å². The average Bonchev–Trinajstić information content (AvgIpc) is 2.97. The highest BCUT2D eigenvalue weighted by molar-refractivity contribution is 14.1. The van der Waals surface area contributed by atoms with E-state index >= 15 is 0 Å². The fourth-order valence-corrected chi connectivity index (χ4v) is 5.57. The number of nitrogens with zero attached hydrogens (tertiary/aromatic N) is 4. The highest BCUT2D eigenvalue weighted by Crippen LogP contribution is 2.43. The summed E-state index contributed by atoms with van der Waals surface area (Å²) in [6.45, 7) is 3.81. The van der Waals surface area contributed by atoms with Gasteiger partial charge < -0.3 is 15.4 Å². The van der Waals surface area contributed by atoms with E-state index in [2.05, 4.69) is 32.6 Å². The minimum Gasteiger partial charge on any atom is -0.366 e. The molecule has 2 saturated heterocycles. The number of hydrogen-bond acceptors (Lipinski definition) is 6. The third-order valence-corrected chi connectivity index (χ3v) is 8.04. The standard InChI is InChI=1S/C18H19Cl3IN5O2/c1-9-25-16(26-6-3-18(4-7-26)8-29-15(22)13(18)23)12(20)17(28)27(9)10-2-5-24-14(21)11(10)19/h2,5,13,15H,3-4,6-8,23H2,1H3/t13-,15-/m1/s1. The lowest BCUT2D eigenvalue weighted by atomic mass is 9.75. The molecule has 2 N–H and O–H groups in total. The van der Waals surface area contributed by atoms with Crippen LogP contribution >= 0.6 is 57.4 Å². The van der Waals surface area contributed by atoms with Gasteiger partial charge in [-0.15, -0.1) is 0 Å². The molecule has 0 amide bonds. The Bertz CT molecular complexity index is 1010. The summed E-state index contributed by atoms with van der Waals surface area (Å²) in [5, 5.41) is 0.337. The maximum Gasteiger partial charge on any atom is 0.279 e. The SMILES string of the molecule is Cc1nc(N2CCC3(CC2)CO[C@@H](I)[C@H]3N)c(Cl)c(=O)n1-c1ccnc(Cl)c1Cl. The number of hydrogen-bond donors (Lipinski definition) is 1. The number of halogens is 4. The third kappa shape index (κ3) is 3.65. The Morgan fingerprint density at radius 3 is 2.59 bits per heavy atom. The molecule has 2 aliphatic heterocycles. The molecule has 0 radical (unpaired) electrons. The fourth-order valence-electron chi connectivity index (χ4n) is 4.03. The van der Waals surface area contributed by atoms with Crippen molar-refractivity contribution in [3.05, 3.63) is 43.6 Å². The second-order valence-electron chi connectivity index (χ2n) is 7.41. The summed E-state index contributed by atoms with van der Waals surface area (Å²) in [6.07, 6.45) is 3.20. The molecular weight excluding hydrogens is 551 g/mol. The van der Waals surface area contributed by atoms with Gasteiger partial charge in [0, 0.05) is 30.7 Å². The smallest absolute Gasteiger partial charge is 0.279 e. The number of aryl methyl sites for hydroxylation is 1. The monoisotopic (exact) mass is 569 g/mol. The zero-order valence-electron chi connectivity index (χ0n) is 15.5. The van der Waals surface area contributed by atoms with Gasteiger partial charge in [0.1, 0.15) is 25.1 Å². The Morgan fingerprint density at radius 2 is 1.97 bits per heavy atom. The van der Waals surface area contributed by atoms with Crippen molar-refractivity contribution < 1.29 is 4.74 Å². The maximum absolute atomic E-state index is 13.1. The van der Waals surface area contributed by atoms with E-state index in [1.165, 1.54) is 10.8 Å². The zero-order chi connectivity index (χ0) is 20.9. The summed E-state index contributed by atoms with van der Waals surface area (Å²) in [6, 6.07) is 1.61. The van der Waals surface area contributed by atoms with Gasteiger partial charge in [-0.3, -0.25) is 9.36 Å². The molecule has 156 valence electrons. The van der Waals surface area contributed by atoms with Gasteiger partial charge in [-0.1, -0.05) is 34.8 Å². The normalized spacial score (nSPS) is 23.7. The molecule has 2 atom stereocenters. The Labute approximate surface area is 196 Å². The first kappa shape index (κ1) is 21.6. The second kappa shape index (κ2) is 8.12. The van der Waals surface area contributed by atoms with Gasteiger partial charge in [0.15, 0.2) is 5.82 Å². The first-order chi connectivity index (χ1) is 13.7. The number of alkyl halides is 1. The van der Waals surface area contributed by atoms with Crippen LogP contribution in [-0.2, 0) is 4.74 Å². The molecule has 2 aromatic rings. The van der Waals surface area contributed by atoms with Gasteiger partial charge >= 0.3 is 0 Å². The molecule has 4 rings (SSSR count). The van der Waals surface area contributed by atoms with Crippen LogP contribution in [0.4, 0.5) is 5.82 Å². The minimum atomic E-state index is -0.396. The molecule has 2 aliphatic rings. The Morgan fingerprint density at radius 1 is 1.28 bits per heavy atom. The molecule has 0 aliphatic carbocycles. The predicted molar refractivity (Wildman–Crippen MR) is 123 cm³/mol. The number of rotatable bonds is 2. The van der Waals surface area contributed by atoms with Crippen LogP contribution in [0.3, 0.4) is 0 Å². The van der Waals surface area contributed by atoms with Crippen molar-refractivity contribution in [2.24, 2.45) is 11.1 Å². The van der Waals surface area contributed by atoms with Crippen LogP contribution in [0, 0.1) is 12.3 Å². The van der Waals surface area contributed by atoms with Crippen molar-refractivity contribution in [1.29, 1.82) is 0 Å². The first-order valence-electron chi connectivity index (χ1n) is 9.11. The Hall–Kier alpha value is -0.650. The van der Waals surface area contributed by atoms with Crippen molar-refractivity contribution in [3.63, 3.8) is 0 Å². The van der Waals surface area contributed by atoms with Gasteiger partial charge in [0.05, 0.1) is 12.3 Å². The fraction of sp³-hybridized carbons (Fsp3) is 0.500. The average molecular weight is 571 g/mol. The largest absolute Gasteiger partial charge is 0.366 e. The molecular formula is C18H19Cl3IN5O2. The lowest BCUT2D eigenvalue weighted by Crippen LogP contribution is -2.50. The summed E-state index contributed by atoms with van der Waals surface area (Å²) in [7, 11) is 0. The van der Waals surface area contributed by atoms with E-state index in [1.807, 2.05) is 4.90 Å². The van der Waals surface area contributed by atoms with Crippen molar-refractivity contribution in [2.75, 3.05) is 24.6 Å². The van der Waals surface area contributed by atoms with Crippen LogP contribution in [0.2, 0.25) is 15.2 Å². The summed E-state index contributed by atoms with van der Waals surface area (Å²) in [5.41, 5.74) is 6.36. The predicted octanol–water partition coefficient (Wildman–Crippen LogP) is 3.60. The van der Waals surface area contributed by atoms with Gasteiger partial charge in [-0.2, -0.15) is 0 Å². The molecule has 4 heterocycles. The summed E-state index contributed by atoms with van der Waals surface area (Å²) >= 11 is 21.0. The highest BCUT2D eigenvalue weighted by atomic mass is 127. The van der Waals surface area contributed by atoms with Crippen LogP contribution in [0.1, 0.15) is 18.7 Å². The molecule has 0 bridgehead atoms. The van der Waals surface area contributed by atoms with E-state index in [0.29, 0.717) is 37.0 Å². The number of pyridine rings is 1. The van der Waals surface area contributed by atoms with E-state index in [9.17, 15) is 4.79 Å². The van der Waals surface area contributed by atoms with Crippen LogP contribution in [0.25, 0.3) is 5.69 Å². The minimum absolute atomic E-state index is 0.00185. The zero-order valence-corrected chi connectivity index (χ0v) is 20.0. The van der Waals surface area contributed by atoms with Crippen LogP contribution in [-0.4, -0.2) is 44.4 Å². The number of anilines is 1. The Kier molecular flexibility index (Phi) is 6.04. The van der Waals surface area contributed by atoms with Gasteiger partial charge in [-0.25, -0.2) is 9.97 Å². The summed E-state index contributed by atoms with van der Waals surface area (Å²) in [4.78, 5) is 23.6. The van der Waals surface area contributed by atoms with E-state index in [-0.39, 0.29) is 30.8 Å². The number of aromatic nitrogens is 3. The van der Waals surface area contributed by atoms with Gasteiger partial charge in [-0.05, 0) is 48.4 Å². The molecule has 0 aromatic carbocycles. The van der Waals surface area contributed by atoms with Crippen molar-refractivity contribution >= 4 is 63.2 Å². The quantitative estimate of drug-likeness (QED) is 0.338. The number of ether oxygens (including phenoxy) is 1. The van der Waals surface area contributed by atoms with Crippen molar-refractivity contribution in [2.45, 2.75) is 29.9 Å². The van der Waals surface area contributed by atoms with E-state index in [1.54, 1.807) is 13.0 Å². The summed E-state index contributed by atoms with van der Waals surface area (Å²) < 4.78 is 7.15. The van der Waals surface area contributed by atoms with E-state index in [4.69, 9.17) is 45.3 Å². The second-order valence-corrected chi connectivity index (χ2v) is 9.75. The molecule has 0 saturated carbocycles. The molecule has 11 heteroatoms. The molecule has 2 aromatic heterocycles. The van der Waals surface area contributed by atoms with Crippen LogP contribution < -0.4 is 16.2 Å². The third-order valence-electron chi connectivity index (χ3n) is 5.82. The number of nitrogens with two attached hydrogens (primary N) is 1. The molecule has 29 heavy (non-hydrogen) atoms. The lowest BCUT2D eigenvalue weighted by Gasteiger charge is -2.41. The van der Waals surface area contributed by atoms with Crippen molar-refractivity contribution in [1.82, 2.24) is 14.5 Å². The van der Waals surface area contributed by atoms with Crippen molar-refractivity contribution in [3.8, 4) is 5.69 Å². The van der Waals surface area contributed by atoms with Crippen LogP contribution in [0.5, 0.6) is 0 Å². The molecule has 1 spiro atoms. The maximum atomic E-state index is 13.1. The molecule has 2 fully saturated rings. The molecule has 0 unspecified atom stereocenters. The van der Waals surface area contributed by atoms with E-state index in [0.717, 1.165) is 12.8 Å². The highest BCUT2D eigenvalue weighted by Gasteiger charge is 2.48. The van der Waals surface area contributed by atoms with Gasteiger partial charge in [0.25, 0.3) is 5.56 Å². The van der Waals surface area contributed by atoms with E-state index < -0.39 is 5.56 Å². The van der Waals surface area contributed by atoms with Gasteiger partial charge in [0.2, 0.25) is 0 Å².